The molecule has 1 unspecified atom stereocenters. The summed E-state index contributed by atoms with van der Waals surface area (Å²) in [4.78, 5) is 28.2. The first-order chi connectivity index (χ1) is 15.6. The minimum absolute atomic E-state index is 0.0236. The molecule has 178 valence electrons. The van der Waals surface area contributed by atoms with E-state index in [1.165, 1.54) is 30.1 Å². The van der Waals surface area contributed by atoms with Crippen molar-refractivity contribution in [1.82, 2.24) is 9.80 Å². The summed E-state index contributed by atoms with van der Waals surface area (Å²) in [6.45, 7) is 0.500. The van der Waals surface area contributed by atoms with Gasteiger partial charge in [0.25, 0.3) is 0 Å². The van der Waals surface area contributed by atoms with Gasteiger partial charge in [-0.2, -0.15) is 13.2 Å². The Bertz CT molecular complexity index is 1010. The Hall–Kier alpha value is -3.23. The van der Waals surface area contributed by atoms with E-state index < -0.39 is 17.7 Å². The standard InChI is InChI=1S/C24H27F3N2O4/c1-28(14-17-6-4-5-7-19(17)24(25,26)27)23(31)18-13-22(30)29(15-18)11-10-16-8-9-20(32-2)21(12-16)33-3/h4-9,12,18H,10-11,13-15H2,1-3H3. The van der Waals surface area contributed by atoms with Gasteiger partial charge in [0.15, 0.2) is 11.5 Å². The highest BCUT2D eigenvalue weighted by molar-refractivity contribution is 5.89. The van der Waals surface area contributed by atoms with Crippen molar-refractivity contribution in [3.63, 3.8) is 0 Å². The molecule has 0 aliphatic carbocycles. The Kier molecular flexibility index (Phi) is 7.50. The summed E-state index contributed by atoms with van der Waals surface area (Å²) in [7, 11) is 4.56. The van der Waals surface area contributed by atoms with Gasteiger partial charge in [0.05, 0.1) is 25.7 Å². The van der Waals surface area contributed by atoms with Crippen molar-refractivity contribution in [1.29, 1.82) is 0 Å². The van der Waals surface area contributed by atoms with E-state index in [9.17, 15) is 22.8 Å². The topological polar surface area (TPSA) is 59.1 Å². The second-order valence-corrected chi connectivity index (χ2v) is 8.03. The first-order valence-corrected chi connectivity index (χ1v) is 10.5. The van der Waals surface area contributed by atoms with E-state index in [2.05, 4.69) is 0 Å². The highest BCUT2D eigenvalue weighted by Gasteiger charge is 2.37. The number of benzene rings is 2. The third kappa shape index (κ3) is 5.77. The number of amides is 2. The van der Waals surface area contributed by atoms with E-state index in [0.717, 1.165) is 11.6 Å². The lowest BCUT2D eigenvalue weighted by Crippen LogP contribution is -2.35. The summed E-state index contributed by atoms with van der Waals surface area (Å²) in [5.74, 6) is 0.147. The molecule has 33 heavy (non-hydrogen) atoms. The first-order valence-electron chi connectivity index (χ1n) is 10.5. The second kappa shape index (κ2) is 10.1. The predicted molar refractivity (Wildman–Crippen MR) is 116 cm³/mol. The zero-order valence-electron chi connectivity index (χ0n) is 18.8. The molecule has 1 aliphatic rings. The van der Waals surface area contributed by atoms with Gasteiger partial charge in [0, 0.05) is 33.1 Å². The Morgan fingerprint density at radius 1 is 1.12 bits per heavy atom. The highest BCUT2D eigenvalue weighted by atomic mass is 19.4. The van der Waals surface area contributed by atoms with Crippen LogP contribution in [0.25, 0.3) is 0 Å². The van der Waals surface area contributed by atoms with Crippen LogP contribution < -0.4 is 9.47 Å². The van der Waals surface area contributed by atoms with Crippen molar-refractivity contribution in [3.8, 4) is 11.5 Å². The van der Waals surface area contributed by atoms with Gasteiger partial charge >= 0.3 is 6.18 Å². The van der Waals surface area contributed by atoms with Gasteiger partial charge in [-0.05, 0) is 35.7 Å². The largest absolute Gasteiger partial charge is 0.493 e. The summed E-state index contributed by atoms with van der Waals surface area (Å²) >= 11 is 0. The maximum Gasteiger partial charge on any atom is 0.416 e. The van der Waals surface area contributed by atoms with Gasteiger partial charge in [-0.3, -0.25) is 9.59 Å². The summed E-state index contributed by atoms with van der Waals surface area (Å²) in [6, 6.07) is 10.7. The monoisotopic (exact) mass is 464 g/mol. The van der Waals surface area contributed by atoms with Crippen LogP contribution in [-0.4, -0.2) is 56.0 Å². The molecule has 1 fully saturated rings. The fourth-order valence-electron chi connectivity index (χ4n) is 4.03. The van der Waals surface area contributed by atoms with Gasteiger partial charge in [-0.25, -0.2) is 0 Å². The first kappa shape index (κ1) is 24.4. The Balaban J connectivity index is 1.60. The molecule has 1 saturated heterocycles. The number of methoxy groups -OCH3 is 2. The average molecular weight is 464 g/mol. The molecular weight excluding hydrogens is 437 g/mol. The summed E-state index contributed by atoms with van der Waals surface area (Å²) in [5.41, 5.74) is 0.218. The van der Waals surface area contributed by atoms with Crippen molar-refractivity contribution in [2.45, 2.75) is 25.6 Å². The minimum atomic E-state index is -4.50. The lowest BCUT2D eigenvalue weighted by Gasteiger charge is -2.23. The molecule has 0 radical (unpaired) electrons. The van der Waals surface area contributed by atoms with E-state index in [1.54, 1.807) is 25.2 Å². The van der Waals surface area contributed by atoms with E-state index >= 15 is 0 Å². The summed E-state index contributed by atoms with van der Waals surface area (Å²) in [6.07, 6.45) is -3.87. The van der Waals surface area contributed by atoms with Crippen LogP contribution in [0.3, 0.4) is 0 Å². The van der Waals surface area contributed by atoms with Crippen LogP contribution in [0.5, 0.6) is 11.5 Å². The average Bonchev–Trinajstić information content (AvgIpc) is 3.16. The van der Waals surface area contributed by atoms with Crippen LogP contribution in [0.2, 0.25) is 0 Å². The molecule has 1 heterocycles. The van der Waals surface area contributed by atoms with Crippen LogP contribution >= 0.6 is 0 Å². The molecule has 0 aromatic heterocycles. The fraction of sp³-hybridized carbons (Fsp3) is 0.417. The minimum Gasteiger partial charge on any atom is -0.493 e. The number of rotatable bonds is 8. The third-order valence-electron chi connectivity index (χ3n) is 5.79. The van der Waals surface area contributed by atoms with Crippen molar-refractivity contribution in [2.24, 2.45) is 5.92 Å². The maximum absolute atomic E-state index is 13.2. The molecule has 2 amide bonds. The molecule has 1 atom stereocenters. The highest BCUT2D eigenvalue weighted by Crippen LogP contribution is 2.33. The summed E-state index contributed by atoms with van der Waals surface area (Å²) < 4.78 is 50.3. The van der Waals surface area contributed by atoms with Gasteiger partial charge in [-0.1, -0.05) is 24.3 Å². The molecular formula is C24H27F3N2O4. The molecule has 2 aromatic rings. The Labute approximate surface area is 190 Å². The zero-order chi connectivity index (χ0) is 24.2. The predicted octanol–water partition coefficient (Wildman–Crippen LogP) is 3.77. The van der Waals surface area contributed by atoms with Crippen LogP contribution in [0.4, 0.5) is 13.2 Å². The number of likely N-dealkylation sites (tertiary alicyclic amines) is 1. The van der Waals surface area contributed by atoms with Crippen molar-refractivity contribution in [3.05, 3.63) is 59.2 Å². The Morgan fingerprint density at radius 2 is 1.82 bits per heavy atom. The quantitative estimate of drug-likeness (QED) is 0.597. The number of hydrogen-bond acceptors (Lipinski definition) is 4. The van der Waals surface area contributed by atoms with Gasteiger partial charge in [-0.15, -0.1) is 0 Å². The zero-order valence-corrected chi connectivity index (χ0v) is 18.8. The van der Waals surface area contributed by atoms with E-state index in [4.69, 9.17) is 9.47 Å². The number of ether oxygens (including phenoxy) is 2. The molecule has 6 nitrogen and oxygen atoms in total. The van der Waals surface area contributed by atoms with E-state index in [-0.39, 0.29) is 36.9 Å². The number of halogens is 3. The number of nitrogens with zero attached hydrogens (tertiary/aromatic N) is 2. The molecule has 0 spiro atoms. The summed E-state index contributed by atoms with van der Waals surface area (Å²) in [5, 5.41) is 0. The lowest BCUT2D eigenvalue weighted by molar-refractivity contribution is -0.140. The second-order valence-electron chi connectivity index (χ2n) is 8.03. The number of alkyl halides is 3. The molecule has 9 heteroatoms. The van der Waals surface area contributed by atoms with Crippen LogP contribution in [0.15, 0.2) is 42.5 Å². The fourth-order valence-corrected chi connectivity index (χ4v) is 4.03. The van der Waals surface area contributed by atoms with Crippen LogP contribution in [0, 0.1) is 5.92 Å². The van der Waals surface area contributed by atoms with Crippen LogP contribution in [-0.2, 0) is 28.7 Å². The third-order valence-corrected chi connectivity index (χ3v) is 5.79. The normalized spacial score (nSPS) is 16.1. The molecule has 0 bridgehead atoms. The van der Waals surface area contributed by atoms with Crippen molar-refractivity contribution >= 4 is 11.8 Å². The number of hydrogen-bond donors (Lipinski definition) is 0. The van der Waals surface area contributed by atoms with Gasteiger partial charge in [0.2, 0.25) is 11.8 Å². The number of carbonyl (C=O) groups excluding carboxylic acids is 2. The maximum atomic E-state index is 13.2. The molecule has 1 aliphatic heterocycles. The Morgan fingerprint density at radius 3 is 2.48 bits per heavy atom. The molecule has 3 rings (SSSR count). The molecule has 0 N–H and O–H groups in total. The number of carbonyl (C=O) groups is 2. The van der Waals surface area contributed by atoms with Crippen molar-refractivity contribution in [2.75, 3.05) is 34.4 Å². The molecule has 0 saturated carbocycles. The smallest absolute Gasteiger partial charge is 0.416 e. The van der Waals surface area contributed by atoms with E-state index in [0.29, 0.717) is 24.5 Å². The SMILES string of the molecule is COc1ccc(CCN2CC(C(=O)N(C)Cc3ccccc3C(F)(F)F)CC2=O)cc1OC. The van der Waals surface area contributed by atoms with E-state index in [1.807, 2.05) is 12.1 Å². The van der Waals surface area contributed by atoms with Gasteiger partial charge in [0.1, 0.15) is 0 Å². The molecule has 2 aromatic carbocycles. The van der Waals surface area contributed by atoms with Crippen molar-refractivity contribution < 1.29 is 32.2 Å². The van der Waals surface area contributed by atoms with Gasteiger partial charge < -0.3 is 19.3 Å². The lowest BCUT2D eigenvalue weighted by atomic mass is 10.0. The van der Waals surface area contributed by atoms with Crippen LogP contribution in [0.1, 0.15) is 23.1 Å².